The van der Waals surface area contributed by atoms with Crippen LogP contribution in [0.2, 0.25) is 0 Å². The van der Waals surface area contributed by atoms with Gasteiger partial charge in [-0.3, -0.25) is 9.59 Å². The van der Waals surface area contributed by atoms with Crippen molar-refractivity contribution in [3.63, 3.8) is 0 Å². The summed E-state index contributed by atoms with van der Waals surface area (Å²) >= 11 is 0. The Hall–Kier alpha value is -1.54. The van der Waals surface area contributed by atoms with E-state index in [1.165, 1.54) is 7.11 Å². The first kappa shape index (κ1) is 23.5. The molecule has 1 saturated heterocycles. The van der Waals surface area contributed by atoms with E-state index in [1.54, 1.807) is 0 Å². The second-order valence-electron chi connectivity index (χ2n) is 7.55. The minimum atomic E-state index is -0.355. The van der Waals surface area contributed by atoms with Crippen LogP contribution in [0.1, 0.15) is 84.5 Å². The van der Waals surface area contributed by atoms with Crippen LogP contribution in [0.25, 0.3) is 0 Å². The van der Waals surface area contributed by atoms with Gasteiger partial charge < -0.3 is 14.7 Å². The summed E-state index contributed by atoms with van der Waals surface area (Å²) < 4.78 is 4.64. The van der Waals surface area contributed by atoms with Crippen molar-refractivity contribution in [1.29, 1.82) is 0 Å². The summed E-state index contributed by atoms with van der Waals surface area (Å²) in [5, 5.41) is 10.4. The standard InChI is InChI=1S/C22H37NO4/c1-4-5-8-11-18(2)20(24)15-13-19-14-16-21(25)23(19)17-10-7-6-9-12-22(26)27-3/h18-20,24H,4,6-7,9-17H2,1-3H3/t18-,19+,20-/m1/s1. The van der Waals surface area contributed by atoms with E-state index in [-0.39, 0.29) is 29.9 Å². The molecule has 0 aliphatic carbocycles. The van der Waals surface area contributed by atoms with Crippen molar-refractivity contribution >= 4 is 11.9 Å². The fourth-order valence-corrected chi connectivity index (χ4v) is 3.55. The Morgan fingerprint density at radius 3 is 2.74 bits per heavy atom. The number of aliphatic hydroxyl groups is 1. The fourth-order valence-electron chi connectivity index (χ4n) is 3.55. The number of nitrogens with zero attached hydrogens (tertiary/aromatic N) is 1. The number of carbonyl (C=O) groups excluding carboxylic acids is 2. The smallest absolute Gasteiger partial charge is 0.305 e. The number of esters is 1. The summed E-state index contributed by atoms with van der Waals surface area (Å²) in [6, 6.07) is 0.260. The molecule has 1 heterocycles. The van der Waals surface area contributed by atoms with Crippen LogP contribution in [0.5, 0.6) is 0 Å². The molecule has 1 rings (SSSR count). The normalized spacial score (nSPS) is 18.7. The predicted octanol–water partition coefficient (Wildman–Crippen LogP) is 3.68. The number of hydrogen-bond donors (Lipinski definition) is 1. The third kappa shape index (κ3) is 9.28. The molecule has 1 N–H and O–H groups in total. The SMILES string of the molecule is CCC#CC[C@@H](C)[C@H](O)CC[C@H]1CCC(=O)N1CCCCCCC(=O)OC. The average Bonchev–Trinajstić information content (AvgIpc) is 3.02. The largest absolute Gasteiger partial charge is 0.469 e. The second kappa shape index (κ2) is 13.6. The number of amides is 1. The molecular formula is C22H37NO4. The van der Waals surface area contributed by atoms with Crippen molar-refractivity contribution in [3.05, 3.63) is 0 Å². The number of hydrogen-bond acceptors (Lipinski definition) is 4. The van der Waals surface area contributed by atoms with Crippen molar-refractivity contribution in [1.82, 2.24) is 4.90 Å². The quantitative estimate of drug-likeness (QED) is 0.319. The summed E-state index contributed by atoms with van der Waals surface area (Å²) in [4.78, 5) is 25.3. The van der Waals surface area contributed by atoms with E-state index < -0.39 is 0 Å². The summed E-state index contributed by atoms with van der Waals surface area (Å²) in [5.41, 5.74) is 0. The molecule has 0 aromatic rings. The zero-order valence-corrected chi connectivity index (χ0v) is 17.3. The molecular weight excluding hydrogens is 342 g/mol. The molecule has 0 unspecified atom stereocenters. The highest BCUT2D eigenvalue weighted by molar-refractivity contribution is 5.78. The van der Waals surface area contributed by atoms with E-state index in [9.17, 15) is 14.7 Å². The molecule has 0 bridgehead atoms. The maximum atomic E-state index is 12.2. The van der Waals surface area contributed by atoms with Gasteiger partial charge in [-0.1, -0.05) is 26.7 Å². The summed E-state index contributed by atoms with van der Waals surface area (Å²) in [5.74, 6) is 6.42. The minimum Gasteiger partial charge on any atom is -0.469 e. The van der Waals surface area contributed by atoms with Crippen molar-refractivity contribution < 1.29 is 19.4 Å². The minimum absolute atomic E-state index is 0.154. The number of carbonyl (C=O) groups is 2. The average molecular weight is 380 g/mol. The predicted molar refractivity (Wildman–Crippen MR) is 107 cm³/mol. The monoisotopic (exact) mass is 379 g/mol. The Balaban J connectivity index is 2.27. The topological polar surface area (TPSA) is 66.8 Å². The molecule has 1 amide bonds. The highest BCUT2D eigenvalue weighted by Crippen LogP contribution is 2.25. The van der Waals surface area contributed by atoms with Gasteiger partial charge in [-0.15, -0.1) is 11.8 Å². The Bertz CT molecular complexity index is 508. The molecule has 0 aromatic heterocycles. The number of aliphatic hydroxyl groups excluding tert-OH is 1. The van der Waals surface area contributed by atoms with Gasteiger partial charge >= 0.3 is 5.97 Å². The van der Waals surface area contributed by atoms with E-state index >= 15 is 0 Å². The Morgan fingerprint density at radius 1 is 1.30 bits per heavy atom. The molecule has 1 fully saturated rings. The summed E-state index contributed by atoms with van der Waals surface area (Å²) in [6.07, 6.45) is 8.62. The molecule has 1 aliphatic rings. The number of likely N-dealkylation sites (tertiary alicyclic amines) is 1. The number of rotatable bonds is 12. The van der Waals surface area contributed by atoms with Crippen molar-refractivity contribution in [2.75, 3.05) is 13.7 Å². The Labute approximate surface area is 164 Å². The molecule has 0 aromatic carbocycles. The van der Waals surface area contributed by atoms with Gasteiger partial charge in [0.2, 0.25) is 5.91 Å². The fraction of sp³-hybridized carbons (Fsp3) is 0.818. The van der Waals surface area contributed by atoms with E-state index in [0.29, 0.717) is 12.8 Å². The van der Waals surface area contributed by atoms with E-state index in [1.807, 2.05) is 18.7 Å². The molecule has 154 valence electrons. The zero-order chi connectivity index (χ0) is 20.1. The molecule has 5 heteroatoms. The Morgan fingerprint density at radius 2 is 2.04 bits per heavy atom. The lowest BCUT2D eigenvalue weighted by Gasteiger charge is -2.26. The van der Waals surface area contributed by atoms with Crippen LogP contribution in [-0.4, -0.2) is 47.7 Å². The third-order valence-electron chi connectivity index (χ3n) is 5.39. The summed E-state index contributed by atoms with van der Waals surface area (Å²) in [7, 11) is 1.41. The van der Waals surface area contributed by atoms with Crippen LogP contribution in [0.4, 0.5) is 0 Å². The van der Waals surface area contributed by atoms with Crippen LogP contribution < -0.4 is 0 Å². The number of ether oxygens (including phenoxy) is 1. The van der Waals surface area contributed by atoms with Crippen LogP contribution in [0.15, 0.2) is 0 Å². The first-order valence-corrected chi connectivity index (χ1v) is 10.5. The molecule has 27 heavy (non-hydrogen) atoms. The van der Waals surface area contributed by atoms with Gasteiger partial charge in [-0.2, -0.15) is 0 Å². The van der Waals surface area contributed by atoms with Crippen LogP contribution in [0, 0.1) is 17.8 Å². The lowest BCUT2D eigenvalue weighted by atomic mass is 9.95. The molecule has 0 radical (unpaired) electrons. The van der Waals surface area contributed by atoms with Gasteiger partial charge in [0.25, 0.3) is 0 Å². The molecule has 1 aliphatic heterocycles. The van der Waals surface area contributed by atoms with Crippen molar-refractivity contribution in [2.24, 2.45) is 5.92 Å². The van der Waals surface area contributed by atoms with E-state index in [2.05, 4.69) is 16.6 Å². The number of methoxy groups -OCH3 is 1. The number of unbranched alkanes of at least 4 members (excludes halogenated alkanes) is 3. The zero-order valence-electron chi connectivity index (χ0n) is 17.3. The lowest BCUT2D eigenvalue weighted by Crippen LogP contribution is -2.34. The van der Waals surface area contributed by atoms with E-state index in [4.69, 9.17) is 0 Å². The van der Waals surface area contributed by atoms with Gasteiger partial charge in [0.1, 0.15) is 0 Å². The van der Waals surface area contributed by atoms with Gasteiger partial charge in [-0.05, 0) is 38.0 Å². The van der Waals surface area contributed by atoms with Crippen molar-refractivity contribution in [2.45, 2.75) is 96.6 Å². The first-order valence-electron chi connectivity index (χ1n) is 10.5. The molecule has 0 saturated carbocycles. The van der Waals surface area contributed by atoms with Gasteiger partial charge in [0, 0.05) is 38.3 Å². The van der Waals surface area contributed by atoms with E-state index in [0.717, 1.165) is 64.3 Å². The lowest BCUT2D eigenvalue weighted by molar-refractivity contribution is -0.140. The van der Waals surface area contributed by atoms with Gasteiger partial charge in [0.05, 0.1) is 13.2 Å². The molecule has 0 spiro atoms. The van der Waals surface area contributed by atoms with Crippen LogP contribution in [-0.2, 0) is 14.3 Å². The van der Waals surface area contributed by atoms with Crippen molar-refractivity contribution in [3.8, 4) is 11.8 Å². The van der Waals surface area contributed by atoms with Crippen LogP contribution >= 0.6 is 0 Å². The highest BCUT2D eigenvalue weighted by Gasteiger charge is 2.30. The maximum absolute atomic E-state index is 12.2. The second-order valence-corrected chi connectivity index (χ2v) is 7.55. The first-order chi connectivity index (χ1) is 13.0. The molecule has 3 atom stereocenters. The Kier molecular flexibility index (Phi) is 11.8. The summed E-state index contributed by atoms with van der Waals surface area (Å²) in [6.45, 7) is 4.86. The van der Waals surface area contributed by atoms with Crippen LogP contribution in [0.3, 0.4) is 0 Å². The highest BCUT2D eigenvalue weighted by atomic mass is 16.5. The van der Waals surface area contributed by atoms with Gasteiger partial charge in [0.15, 0.2) is 0 Å². The maximum Gasteiger partial charge on any atom is 0.305 e. The third-order valence-corrected chi connectivity index (χ3v) is 5.39. The van der Waals surface area contributed by atoms with Gasteiger partial charge in [-0.25, -0.2) is 0 Å². The molecule has 5 nitrogen and oxygen atoms in total.